The number of pyridine rings is 1. The summed E-state index contributed by atoms with van der Waals surface area (Å²) in [6, 6.07) is 7.91. The van der Waals surface area contributed by atoms with E-state index >= 15 is 0 Å². The molecule has 0 fully saturated rings. The molecule has 6 nitrogen and oxygen atoms in total. The zero-order valence-corrected chi connectivity index (χ0v) is 14.7. The van der Waals surface area contributed by atoms with E-state index in [2.05, 4.69) is 21.4 Å². The van der Waals surface area contributed by atoms with Gasteiger partial charge in [-0.05, 0) is 33.5 Å². The Labute approximate surface area is 141 Å². The van der Waals surface area contributed by atoms with E-state index in [-0.39, 0.29) is 0 Å². The van der Waals surface area contributed by atoms with Gasteiger partial charge in [0.1, 0.15) is 11.3 Å². The highest BCUT2D eigenvalue weighted by molar-refractivity contribution is 6.06. The summed E-state index contributed by atoms with van der Waals surface area (Å²) in [6.07, 6.45) is 0. The number of anilines is 1. The molecule has 6 heteroatoms. The summed E-state index contributed by atoms with van der Waals surface area (Å²) >= 11 is 0. The van der Waals surface area contributed by atoms with Gasteiger partial charge in [0.25, 0.3) is 0 Å². The minimum atomic E-state index is -0.855. The van der Waals surface area contributed by atoms with Crippen molar-refractivity contribution in [2.24, 2.45) is 0 Å². The number of imidazole rings is 1. The summed E-state index contributed by atoms with van der Waals surface area (Å²) in [5.41, 5.74) is 7.81. The van der Waals surface area contributed by atoms with Crippen molar-refractivity contribution in [2.75, 3.05) is 19.3 Å². The minimum absolute atomic E-state index is 0.429. The lowest BCUT2D eigenvalue weighted by molar-refractivity contribution is 0.0612. The first-order valence-electron chi connectivity index (χ1n) is 8.24. The van der Waals surface area contributed by atoms with Gasteiger partial charge in [-0.2, -0.15) is 0 Å². The zero-order chi connectivity index (χ0) is 17.5. The van der Waals surface area contributed by atoms with Crippen LogP contribution in [0.5, 0.6) is 0 Å². The zero-order valence-electron chi connectivity index (χ0n) is 14.7. The fraction of sp³-hybridized carbons (Fsp3) is 0.444. The highest BCUT2D eigenvalue weighted by Gasteiger charge is 2.22. The molecular formula is C18H25N5O. The second-order valence-electron chi connectivity index (χ2n) is 6.97. The van der Waals surface area contributed by atoms with Crippen LogP contribution in [0.2, 0.25) is 0 Å². The summed E-state index contributed by atoms with van der Waals surface area (Å²) in [7, 11) is 2.05. The maximum atomic E-state index is 10.4. The molecule has 0 aliphatic heterocycles. The van der Waals surface area contributed by atoms with Gasteiger partial charge in [0.2, 0.25) is 0 Å². The monoisotopic (exact) mass is 327 g/mol. The second kappa shape index (κ2) is 6.03. The van der Waals surface area contributed by atoms with Crippen LogP contribution in [0, 0.1) is 0 Å². The van der Waals surface area contributed by atoms with Gasteiger partial charge in [-0.3, -0.25) is 4.90 Å². The number of benzene rings is 1. The van der Waals surface area contributed by atoms with E-state index in [0.29, 0.717) is 24.4 Å². The predicted molar refractivity (Wildman–Crippen MR) is 97.8 cm³/mol. The van der Waals surface area contributed by atoms with E-state index in [1.165, 1.54) is 0 Å². The van der Waals surface area contributed by atoms with E-state index in [4.69, 9.17) is 10.7 Å². The Balaban J connectivity index is 2.32. The van der Waals surface area contributed by atoms with E-state index in [1.807, 2.05) is 31.3 Å². The third kappa shape index (κ3) is 3.07. The third-order valence-electron chi connectivity index (χ3n) is 4.19. The van der Waals surface area contributed by atoms with Crippen LogP contribution < -0.4 is 5.73 Å². The summed E-state index contributed by atoms with van der Waals surface area (Å²) in [6.45, 7) is 7.77. The number of nitrogen functional groups attached to an aromatic ring is 1. The standard InChI is InChI=1S/C18H25N5O/c1-5-22(4)10-14-21-15-16(23(14)11-18(2,3)24)12-8-6-7-9-13(12)20-17(15)19/h6-9,24H,5,10-11H2,1-4H3,(H2,19,20). The number of para-hydroxylation sites is 1. The molecular weight excluding hydrogens is 302 g/mol. The van der Waals surface area contributed by atoms with Gasteiger partial charge in [-0.25, -0.2) is 9.97 Å². The first-order valence-corrected chi connectivity index (χ1v) is 8.24. The van der Waals surface area contributed by atoms with Gasteiger partial charge in [0.15, 0.2) is 5.82 Å². The summed E-state index contributed by atoms with van der Waals surface area (Å²) in [5, 5.41) is 11.4. The first-order chi connectivity index (χ1) is 11.3. The Morgan fingerprint density at radius 1 is 1.25 bits per heavy atom. The minimum Gasteiger partial charge on any atom is -0.389 e. The lowest BCUT2D eigenvalue weighted by Crippen LogP contribution is -2.28. The van der Waals surface area contributed by atoms with Crippen LogP contribution >= 0.6 is 0 Å². The fourth-order valence-corrected chi connectivity index (χ4v) is 2.94. The highest BCUT2D eigenvalue weighted by atomic mass is 16.3. The van der Waals surface area contributed by atoms with E-state index in [9.17, 15) is 5.11 Å². The van der Waals surface area contributed by atoms with Crippen LogP contribution in [0.4, 0.5) is 5.82 Å². The first kappa shape index (κ1) is 16.7. The van der Waals surface area contributed by atoms with Crippen molar-refractivity contribution in [1.82, 2.24) is 19.4 Å². The van der Waals surface area contributed by atoms with Crippen molar-refractivity contribution in [1.29, 1.82) is 0 Å². The van der Waals surface area contributed by atoms with Gasteiger partial charge in [0.05, 0.1) is 29.7 Å². The van der Waals surface area contributed by atoms with Crippen molar-refractivity contribution in [3.63, 3.8) is 0 Å². The molecule has 24 heavy (non-hydrogen) atoms. The maximum absolute atomic E-state index is 10.4. The molecule has 1 aromatic carbocycles. The highest BCUT2D eigenvalue weighted by Crippen LogP contribution is 2.30. The molecule has 0 saturated heterocycles. The smallest absolute Gasteiger partial charge is 0.152 e. The number of hydrogen-bond acceptors (Lipinski definition) is 5. The van der Waals surface area contributed by atoms with Gasteiger partial charge in [-0.1, -0.05) is 25.1 Å². The number of fused-ring (bicyclic) bond motifs is 3. The third-order valence-corrected chi connectivity index (χ3v) is 4.19. The van der Waals surface area contributed by atoms with Gasteiger partial charge in [-0.15, -0.1) is 0 Å². The fourth-order valence-electron chi connectivity index (χ4n) is 2.94. The topological polar surface area (TPSA) is 80.2 Å². The molecule has 0 aliphatic rings. The van der Waals surface area contributed by atoms with Crippen molar-refractivity contribution in [3.05, 3.63) is 30.1 Å². The predicted octanol–water partition coefficient (Wildman–Crippen LogP) is 2.39. The average molecular weight is 327 g/mol. The average Bonchev–Trinajstić information content (AvgIpc) is 2.85. The number of aromatic nitrogens is 3. The molecule has 3 rings (SSSR count). The number of nitrogens with two attached hydrogens (primary N) is 1. The molecule has 0 spiro atoms. The number of rotatable bonds is 5. The molecule has 3 aromatic rings. The molecule has 0 unspecified atom stereocenters. The van der Waals surface area contributed by atoms with Gasteiger partial charge in [0, 0.05) is 5.39 Å². The molecule has 0 radical (unpaired) electrons. The molecule has 0 saturated carbocycles. The Morgan fingerprint density at radius 3 is 2.62 bits per heavy atom. The van der Waals surface area contributed by atoms with Crippen LogP contribution in [-0.4, -0.2) is 43.7 Å². The molecule has 0 amide bonds. The lowest BCUT2D eigenvalue weighted by Gasteiger charge is -2.22. The quantitative estimate of drug-likeness (QED) is 0.752. The Bertz CT molecular complexity index is 878. The molecule has 2 heterocycles. The SMILES string of the molecule is CCN(C)Cc1nc2c(N)nc3ccccc3c2n1CC(C)(C)O. The Kier molecular flexibility index (Phi) is 4.19. The molecule has 0 bridgehead atoms. The van der Waals surface area contributed by atoms with Crippen molar-refractivity contribution in [3.8, 4) is 0 Å². The lowest BCUT2D eigenvalue weighted by atomic mass is 10.1. The van der Waals surface area contributed by atoms with Crippen LogP contribution in [0.25, 0.3) is 21.9 Å². The second-order valence-corrected chi connectivity index (χ2v) is 6.97. The molecule has 2 aromatic heterocycles. The molecule has 128 valence electrons. The van der Waals surface area contributed by atoms with E-state index < -0.39 is 5.60 Å². The maximum Gasteiger partial charge on any atom is 0.152 e. The van der Waals surface area contributed by atoms with E-state index in [0.717, 1.165) is 28.8 Å². The van der Waals surface area contributed by atoms with Crippen molar-refractivity contribution >= 4 is 27.8 Å². The van der Waals surface area contributed by atoms with Crippen molar-refractivity contribution in [2.45, 2.75) is 39.5 Å². The van der Waals surface area contributed by atoms with Crippen LogP contribution in [-0.2, 0) is 13.1 Å². The molecule has 0 atom stereocenters. The summed E-state index contributed by atoms with van der Waals surface area (Å²) < 4.78 is 2.09. The van der Waals surface area contributed by atoms with E-state index in [1.54, 1.807) is 13.8 Å². The van der Waals surface area contributed by atoms with Crippen LogP contribution in [0.1, 0.15) is 26.6 Å². The van der Waals surface area contributed by atoms with Crippen molar-refractivity contribution < 1.29 is 5.11 Å². The Morgan fingerprint density at radius 2 is 1.96 bits per heavy atom. The van der Waals surface area contributed by atoms with Crippen LogP contribution in [0.15, 0.2) is 24.3 Å². The molecule has 0 aliphatic carbocycles. The normalized spacial score (nSPS) is 12.6. The largest absolute Gasteiger partial charge is 0.389 e. The summed E-state index contributed by atoms with van der Waals surface area (Å²) in [5.74, 6) is 1.32. The van der Waals surface area contributed by atoms with Gasteiger partial charge >= 0.3 is 0 Å². The molecule has 3 N–H and O–H groups in total. The van der Waals surface area contributed by atoms with Gasteiger partial charge < -0.3 is 15.4 Å². The number of nitrogens with zero attached hydrogens (tertiary/aromatic N) is 4. The number of aliphatic hydroxyl groups is 1. The van der Waals surface area contributed by atoms with Crippen LogP contribution in [0.3, 0.4) is 0 Å². The summed E-state index contributed by atoms with van der Waals surface area (Å²) in [4.78, 5) is 11.4. The Hall–Kier alpha value is -2.18. The number of hydrogen-bond donors (Lipinski definition) is 2.